The van der Waals surface area contributed by atoms with E-state index in [2.05, 4.69) is 32.3 Å². The van der Waals surface area contributed by atoms with Crippen molar-refractivity contribution >= 4 is 5.71 Å². The summed E-state index contributed by atoms with van der Waals surface area (Å²) in [6.45, 7) is 11.9. The first-order valence-electron chi connectivity index (χ1n) is 10.5. The normalized spacial score (nSPS) is 51.8. The van der Waals surface area contributed by atoms with Gasteiger partial charge >= 0.3 is 0 Å². The highest BCUT2D eigenvalue weighted by molar-refractivity contribution is 5.85. The fourth-order valence-corrected chi connectivity index (χ4v) is 8.00. The molecule has 134 valence electrons. The predicted octanol–water partition coefficient (Wildman–Crippen LogP) is 6.29. The largest absolute Gasteiger partial charge is 0.297 e. The van der Waals surface area contributed by atoms with Crippen LogP contribution in [-0.2, 0) is 0 Å². The quantitative estimate of drug-likeness (QED) is 0.396. The van der Waals surface area contributed by atoms with Gasteiger partial charge < -0.3 is 0 Å². The monoisotopic (exact) mass is 327 g/mol. The molecule has 0 aromatic carbocycles. The molecule has 4 aliphatic rings. The highest BCUT2D eigenvalue weighted by Gasteiger charge is 2.60. The molecule has 4 fully saturated rings. The van der Waals surface area contributed by atoms with Crippen molar-refractivity contribution in [2.24, 2.45) is 45.4 Å². The number of fused-ring (bicyclic) bond motifs is 5. The molecular weight excluding hydrogens is 290 g/mol. The van der Waals surface area contributed by atoms with E-state index in [-0.39, 0.29) is 0 Å². The van der Waals surface area contributed by atoms with Gasteiger partial charge in [0.15, 0.2) is 0 Å². The second-order valence-electron chi connectivity index (χ2n) is 10.2. The van der Waals surface area contributed by atoms with Gasteiger partial charge in [0, 0.05) is 18.7 Å². The standard InChI is InChI=1S/C23H37N/c1-15-10-12-22(3)17(14-15)6-7-18-20-9-8-19(16(2)24-5)23(20,4)13-11-21(18)22/h17-21H,1,6-14H2,2-5H3/b24-16+. The van der Waals surface area contributed by atoms with Crippen LogP contribution in [-0.4, -0.2) is 12.8 Å². The predicted molar refractivity (Wildman–Crippen MR) is 103 cm³/mol. The average molecular weight is 328 g/mol. The van der Waals surface area contributed by atoms with E-state index in [4.69, 9.17) is 0 Å². The van der Waals surface area contributed by atoms with Gasteiger partial charge in [-0.1, -0.05) is 26.0 Å². The van der Waals surface area contributed by atoms with Gasteiger partial charge in [-0.3, -0.25) is 4.99 Å². The Labute approximate surface area is 149 Å². The summed E-state index contributed by atoms with van der Waals surface area (Å²) in [5.74, 6) is 4.62. The van der Waals surface area contributed by atoms with Gasteiger partial charge in [0.2, 0.25) is 0 Å². The highest BCUT2D eigenvalue weighted by Crippen LogP contribution is 2.67. The summed E-state index contributed by atoms with van der Waals surface area (Å²) in [7, 11) is 2.00. The molecule has 0 amide bonds. The Balaban J connectivity index is 1.62. The first kappa shape index (κ1) is 16.9. The van der Waals surface area contributed by atoms with Crippen molar-refractivity contribution in [3.63, 3.8) is 0 Å². The summed E-state index contributed by atoms with van der Waals surface area (Å²) in [5, 5.41) is 0. The maximum atomic E-state index is 4.61. The lowest BCUT2D eigenvalue weighted by molar-refractivity contribution is -0.100. The highest BCUT2D eigenvalue weighted by atomic mass is 14.7. The molecule has 0 N–H and O–H groups in total. The molecule has 0 aromatic heterocycles. The molecule has 0 aliphatic heterocycles. The smallest absolute Gasteiger partial charge is 0.0276 e. The molecule has 0 bridgehead atoms. The van der Waals surface area contributed by atoms with Crippen LogP contribution in [0.2, 0.25) is 0 Å². The number of nitrogens with zero attached hydrogens (tertiary/aromatic N) is 1. The second kappa shape index (κ2) is 5.71. The minimum atomic E-state index is 0.534. The average Bonchev–Trinajstić information content (AvgIpc) is 2.92. The van der Waals surface area contributed by atoms with Gasteiger partial charge in [0.05, 0.1) is 0 Å². The third kappa shape index (κ3) is 2.22. The van der Waals surface area contributed by atoms with E-state index < -0.39 is 0 Å². The topological polar surface area (TPSA) is 12.4 Å². The first-order chi connectivity index (χ1) is 11.4. The van der Waals surface area contributed by atoms with E-state index in [0.29, 0.717) is 10.8 Å². The molecule has 24 heavy (non-hydrogen) atoms. The van der Waals surface area contributed by atoms with Crippen LogP contribution in [0.5, 0.6) is 0 Å². The van der Waals surface area contributed by atoms with Gasteiger partial charge in [-0.05, 0) is 99.2 Å². The maximum absolute atomic E-state index is 4.61. The van der Waals surface area contributed by atoms with Gasteiger partial charge in [-0.2, -0.15) is 0 Å². The van der Waals surface area contributed by atoms with Crippen LogP contribution < -0.4 is 0 Å². The molecule has 0 radical (unpaired) electrons. The van der Waals surface area contributed by atoms with Gasteiger partial charge in [0.25, 0.3) is 0 Å². The Morgan fingerprint density at radius 1 is 1.00 bits per heavy atom. The Morgan fingerprint density at radius 3 is 2.50 bits per heavy atom. The zero-order valence-electron chi connectivity index (χ0n) is 16.4. The lowest BCUT2D eigenvalue weighted by Gasteiger charge is -2.60. The molecule has 0 saturated heterocycles. The molecule has 7 atom stereocenters. The number of hydrogen-bond donors (Lipinski definition) is 0. The van der Waals surface area contributed by atoms with Crippen LogP contribution in [0.4, 0.5) is 0 Å². The third-order valence-electron chi connectivity index (χ3n) is 9.47. The van der Waals surface area contributed by atoms with E-state index in [1.54, 1.807) is 0 Å². The molecule has 0 spiro atoms. The molecule has 4 saturated carbocycles. The van der Waals surface area contributed by atoms with Crippen LogP contribution in [0.3, 0.4) is 0 Å². The molecule has 7 unspecified atom stereocenters. The summed E-state index contributed by atoms with van der Waals surface area (Å²) in [4.78, 5) is 4.61. The van der Waals surface area contributed by atoms with Crippen molar-refractivity contribution in [3.8, 4) is 0 Å². The summed E-state index contributed by atoms with van der Waals surface area (Å²) in [6, 6.07) is 0. The van der Waals surface area contributed by atoms with Crippen LogP contribution in [0.25, 0.3) is 0 Å². The van der Waals surface area contributed by atoms with Crippen molar-refractivity contribution < 1.29 is 0 Å². The Bertz CT molecular complexity index is 560. The van der Waals surface area contributed by atoms with Crippen molar-refractivity contribution in [1.29, 1.82) is 0 Å². The SMILES string of the molecule is C=C1CCC2(C)C(CCC3C2CCC2(C)C(/C(C)=N/C)CCC32)C1. The molecule has 1 heteroatoms. The van der Waals surface area contributed by atoms with Gasteiger partial charge in [0.1, 0.15) is 0 Å². The number of rotatable bonds is 1. The minimum absolute atomic E-state index is 0.534. The van der Waals surface area contributed by atoms with Crippen LogP contribution in [0.1, 0.15) is 78.6 Å². The molecule has 0 aromatic rings. The fourth-order valence-electron chi connectivity index (χ4n) is 8.00. The van der Waals surface area contributed by atoms with E-state index in [1.165, 1.54) is 69.1 Å². The van der Waals surface area contributed by atoms with Crippen molar-refractivity contribution in [2.45, 2.75) is 78.6 Å². The first-order valence-corrected chi connectivity index (χ1v) is 10.5. The number of allylic oxidation sites excluding steroid dienone is 1. The lowest BCUT2D eigenvalue weighted by Crippen LogP contribution is -2.53. The molecule has 1 nitrogen and oxygen atoms in total. The fraction of sp³-hybridized carbons (Fsp3) is 0.870. The molecular formula is C23H37N. The van der Waals surface area contributed by atoms with Crippen molar-refractivity contribution in [3.05, 3.63) is 12.2 Å². The molecule has 4 rings (SSSR count). The molecule has 4 aliphatic carbocycles. The Morgan fingerprint density at radius 2 is 1.75 bits per heavy atom. The summed E-state index contributed by atoms with van der Waals surface area (Å²) >= 11 is 0. The van der Waals surface area contributed by atoms with E-state index in [1.807, 2.05) is 7.05 Å². The van der Waals surface area contributed by atoms with Crippen LogP contribution >= 0.6 is 0 Å². The summed E-state index contributed by atoms with van der Waals surface area (Å²) in [6.07, 6.45) is 12.8. The number of hydrogen-bond acceptors (Lipinski definition) is 1. The van der Waals surface area contributed by atoms with Crippen LogP contribution in [0, 0.1) is 40.4 Å². The Hall–Kier alpha value is -0.590. The zero-order valence-corrected chi connectivity index (χ0v) is 16.4. The lowest BCUT2D eigenvalue weighted by atomic mass is 9.44. The van der Waals surface area contributed by atoms with Crippen LogP contribution in [0.15, 0.2) is 17.1 Å². The molecule has 0 heterocycles. The van der Waals surface area contributed by atoms with E-state index in [0.717, 1.165) is 29.6 Å². The van der Waals surface area contributed by atoms with Crippen molar-refractivity contribution in [1.82, 2.24) is 0 Å². The number of aliphatic imine (C=N–C) groups is 1. The minimum Gasteiger partial charge on any atom is -0.297 e. The summed E-state index contributed by atoms with van der Waals surface area (Å²) in [5.41, 5.74) is 4.10. The van der Waals surface area contributed by atoms with E-state index >= 15 is 0 Å². The second-order valence-corrected chi connectivity index (χ2v) is 10.2. The summed E-state index contributed by atoms with van der Waals surface area (Å²) < 4.78 is 0. The van der Waals surface area contributed by atoms with E-state index in [9.17, 15) is 0 Å². The third-order valence-corrected chi connectivity index (χ3v) is 9.47. The Kier molecular flexibility index (Phi) is 4.01. The van der Waals surface area contributed by atoms with Crippen molar-refractivity contribution in [2.75, 3.05) is 7.05 Å². The maximum Gasteiger partial charge on any atom is 0.0276 e. The van der Waals surface area contributed by atoms with Gasteiger partial charge in [-0.25, -0.2) is 0 Å². The zero-order chi connectivity index (χ0) is 17.1. The van der Waals surface area contributed by atoms with Gasteiger partial charge in [-0.15, -0.1) is 0 Å².